The molecular weight excluding hydrogens is 184 g/mol. The molecule has 0 radical (unpaired) electrons. The Kier molecular flexibility index (Phi) is 6.16. The van der Waals surface area contributed by atoms with Gasteiger partial charge in [0.15, 0.2) is 0 Å². The molecule has 0 saturated heterocycles. The van der Waals surface area contributed by atoms with Crippen molar-refractivity contribution < 1.29 is 4.79 Å². The molecule has 0 saturated carbocycles. The number of nitrogens with one attached hydrogen (secondary N) is 1. The zero-order chi connectivity index (χ0) is 10.3. The predicted octanol–water partition coefficient (Wildman–Crippen LogP) is 0.983. The van der Waals surface area contributed by atoms with Gasteiger partial charge < -0.3 is 11.1 Å². The maximum absolute atomic E-state index is 11.1. The Bertz CT molecular complexity index is 164. The molecule has 0 rings (SSSR count). The largest absolute Gasteiger partial charge is 0.368 e. The van der Waals surface area contributed by atoms with Gasteiger partial charge in [0.25, 0.3) is 0 Å². The number of carbonyl (C=O) groups is 1. The lowest BCUT2D eigenvalue weighted by Gasteiger charge is -2.25. The molecule has 1 unspecified atom stereocenters. The zero-order valence-electron chi connectivity index (χ0n) is 8.72. The number of hydrogen-bond donors (Lipinski definition) is 2. The van der Waals surface area contributed by atoms with E-state index < -0.39 is 5.54 Å². The average molecular weight is 204 g/mol. The minimum atomic E-state index is -0.529. The lowest BCUT2D eigenvalue weighted by atomic mass is 9.94. The van der Waals surface area contributed by atoms with Crippen molar-refractivity contribution in [2.75, 3.05) is 19.1 Å². The Hall–Kier alpha value is -0.220. The van der Waals surface area contributed by atoms with Crippen LogP contribution in [0.3, 0.4) is 0 Å². The average Bonchev–Trinajstić information content (AvgIpc) is 2.12. The molecule has 0 aliphatic carbocycles. The third-order valence-corrected chi connectivity index (χ3v) is 3.07. The third-order valence-electron chi connectivity index (χ3n) is 2.37. The number of amides is 1. The summed E-state index contributed by atoms with van der Waals surface area (Å²) in [5.41, 5.74) is 4.76. The van der Waals surface area contributed by atoms with Crippen LogP contribution in [0.4, 0.5) is 0 Å². The molecule has 78 valence electrons. The molecule has 0 aromatic heterocycles. The van der Waals surface area contributed by atoms with E-state index in [-0.39, 0.29) is 5.91 Å². The maximum Gasteiger partial charge on any atom is 0.237 e. The molecule has 0 bridgehead atoms. The topological polar surface area (TPSA) is 55.1 Å². The number of likely N-dealkylation sites (N-methyl/N-ethyl adjacent to an activating group) is 1. The Morgan fingerprint density at radius 1 is 1.54 bits per heavy atom. The molecular formula is C9H20N2OS. The molecule has 13 heavy (non-hydrogen) atoms. The van der Waals surface area contributed by atoms with Gasteiger partial charge >= 0.3 is 0 Å². The summed E-state index contributed by atoms with van der Waals surface area (Å²) < 4.78 is 0. The number of carbonyl (C=O) groups excluding carboxylic acids is 1. The van der Waals surface area contributed by atoms with Crippen molar-refractivity contribution in [2.24, 2.45) is 5.73 Å². The van der Waals surface area contributed by atoms with Gasteiger partial charge in [0.1, 0.15) is 0 Å². The van der Waals surface area contributed by atoms with E-state index in [0.717, 1.165) is 25.0 Å². The van der Waals surface area contributed by atoms with Crippen molar-refractivity contribution in [3.63, 3.8) is 0 Å². The van der Waals surface area contributed by atoms with Crippen molar-refractivity contribution in [3.8, 4) is 0 Å². The molecule has 3 N–H and O–H groups in total. The van der Waals surface area contributed by atoms with Crippen LogP contribution in [0.25, 0.3) is 0 Å². The SMILES string of the molecule is CNC(C)(CCCCSC)C(N)=O. The highest BCUT2D eigenvalue weighted by atomic mass is 32.2. The van der Waals surface area contributed by atoms with Gasteiger partial charge in [-0.3, -0.25) is 4.79 Å². The van der Waals surface area contributed by atoms with Gasteiger partial charge in [0.2, 0.25) is 5.91 Å². The number of thioether (sulfide) groups is 1. The number of unbranched alkanes of at least 4 members (excludes halogenated alkanes) is 1. The number of hydrogen-bond acceptors (Lipinski definition) is 3. The van der Waals surface area contributed by atoms with Crippen LogP contribution in [-0.2, 0) is 4.79 Å². The summed E-state index contributed by atoms with van der Waals surface area (Å²) in [4.78, 5) is 11.1. The van der Waals surface area contributed by atoms with Gasteiger partial charge in [0.05, 0.1) is 5.54 Å². The van der Waals surface area contributed by atoms with Gasteiger partial charge in [-0.25, -0.2) is 0 Å². The first-order chi connectivity index (χ1) is 6.06. The molecule has 1 atom stereocenters. The predicted molar refractivity (Wildman–Crippen MR) is 58.9 cm³/mol. The normalized spacial score (nSPS) is 15.3. The Morgan fingerprint density at radius 3 is 2.54 bits per heavy atom. The summed E-state index contributed by atoms with van der Waals surface area (Å²) in [5.74, 6) is 0.887. The molecule has 0 aliphatic rings. The van der Waals surface area contributed by atoms with Crippen molar-refractivity contribution in [1.29, 1.82) is 0 Å². The summed E-state index contributed by atoms with van der Waals surface area (Å²) in [5, 5.41) is 2.97. The van der Waals surface area contributed by atoms with E-state index in [1.54, 1.807) is 7.05 Å². The molecule has 0 spiro atoms. The first-order valence-corrected chi connectivity index (χ1v) is 5.94. The lowest BCUT2D eigenvalue weighted by Crippen LogP contribution is -2.51. The first kappa shape index (κ1) is 12.8. The third kappa shape index (κ3) is 4.52. The van der Waals surface area contributed by atoms with Crippen LogP contribution in [0.5, 0.6) is 0 Å². The van der Waals surface area contributed by atoms with E-state index in [1.165, 1.54) is 0 Å². The molecule has 0 heterocycles. The van der Waals surface area contributed by atoms with Crippen LogP contribution in [0, 0.1) is 0 Å². The summed E-state index contributed by atoms with van der Waals surface area (Å²) in [6.07, 6.45) is 5.09. The highest BCUT2D eigenvalue weighted by Crippen LogP contribution is 2.13. The number of nitrogens with two attached hydrogens (primary N) is 1. The van der Waals surface area contributed by atoms with Crippen molar-refractivity contribution in [2.45, 2.75) is 31.7 Å². The Balaban J connectivity index is 3.78. The fourth-order valence-corrected chi connectivity index (χ4v) is 1.59. The van der Waals surface area contributed by atoms with Crippen LogP contribution in [-0.4, -0.2) is 30.5 Å². The van der Waals surface area contributed by atoms with Gasteiger partial charge in [-0.2, -0.15) is 11.8 Å². The van der Waals surface area contributed by atoms with Crippen LogP contribution in [0.2, 0.25) is 0 Å². The van der Waals surface area contributed by atoms with E-state index >= 15 is 0 Å². The molecule has 0 fully saturated rings. The Labute approximate surface area is 84.8 Å². The Morgan fingerprint density at radius 2 is 2.15 bits per heavy atom. The summed E-state index contributed by atoms with van der Waals surface area (Å²) in [6, 6.07) is 0. The van der Waals surface area contributed by atoms with Crippen LogP contribution < -0.4 is 11.1 Å². The van der Waals surface area contributed by atoms with Gasteiger partial charge in [0, 0.05) is 0 Å². The van der Waals surface area contributed by atoms with Crippen LogP contribution in [0.1, 0.15) is 26.2 Å². The summed E-state index contributed by atoms with van der Waals surface area (Å²) >= 11 is 1.83. The first-order valence-electron chi connectivity index (χ1n) is 4.54. The molecule has 0 aliphatic heterocycles. The summed E-state index contributed by atoms with van der Waals surface area (Å²) in [6.45, 7) is 1.86. The van der Waals surface area contributed by atoms with Gasteiger partial charge in [-0.05, 0) is 38.8 Å². The van der Waals surface area contributed by atoms with Gasteiger partial charge in [-0.1, -0.05) is 6.42 Å². The number of primary amides is 1. The number of rotatable bonds is 7. The smallest absolute Gasteiger partial charge is 0.237 e. The van der Waals surface area contributed by atoms with E-state index in [2.05, 4.69) is 11.6 Å². The van der Waals surface area contributed by atoms with Crippen LogP contribution in [0.15, 0.2) is 0 Å². The lowest BCUT2D eigenvalue weighted by molar-refractivity contribution is -0.123. The minimum absolute atomic E-state index is 0.265. The maximum atomic E-state index is 11.1. The monoisotopic (exact) mass is 204 g/mol. The summed E-state index contributed by atoms with van der Waals surface area (Å²) in [7, 11) is 1.78. The molecule has 0 aromatic carbocycles. The van der Waals surface area contributed by atoms with E-state index in [1.807, 2.05) is 18.7 Å². The van der Waals surface area contributed by atoms with Gasteiger partial charge in [-0.15, -0.1) is 0 Å². The molecule has 3 nitrogen and oxygen atoms in total. The van der Waals surface area contributed by atoms with Crippen LogP contribution >= 0.6 is 11.8 Å². The minimum Gasteiger partial charge on any atom is -0.368 e. The zero-order valence-corrected chi connectivity index (χ0v) is 9.54. The second kappa shape index (κ2) is 6.27. The highest BCUT2D eigenvalue weighted by molar-refractivity contribution is 7.98. The second-order valence-corrected chi connectivity index (χ2v) is 4.38. The molecule has 1 amide bonds. The van der Waals surface area contributed by atoms with Crippen molar-refractivity contribution in [3.05, 3.63) is 0 Å². The van der Waals surface area contributed by atoms with E-state index in [9.17, 15) is 4.79 Å². The second-order valence-electron chi connectivity index (χ2n) is 3.40. The highest BCUT2D eigenvalue weighted by Gasteiger charge is 2.27. The van der Waals surface area contributed by atoms with E-state index in [4.69, 9.17) is 5.73 Å². The fourth-order valence-electron chi connectivity index (χ4n) is 1.10. The van der Waals surface area contributed by atoms with E-state index in [0.29, 0.717) is 0 Å². The van der Waals surface area contributed by atoms with Crippen molar-refractivity contribution >= 4 is 17.7 Å². The fraction of sp³-hybridized carbons (Fsp3) is 0.889. The standard InChI is InChI=1S/C9H20N2OS/c1-9(11-2,8(10)12)6-4-5-7-13-3/h11H,4-7H2,1-3H3,(H2,10,12). The molecule has 4 heteroatoms. The van der Waals surface area contributed by atoms with Crippen molar-refractivity contribution in [1.82, 2.24) is 5.32 Å². The quantitative estimate of drug-likeness (QED) is 0.608. The molecule has 0 aromatic rings.